The molecule has 8 aliphatic rings. The SMILES string of the molecule is COC(=O)C=C(C)CC1(O)C2CC2C2(C)C1CC1=C(CO)C(=O)OC13C1C(=C(C)C(=O)OC)C(=O)C(O)C4(C)C1=C(CC32)C1CC14. The lowest BCUT2D eigenvalue weighted by atomic mass is 9.42. The van der Waals surface area contributed by atoms with E-state index in [2.05, 4.69) is 6.92 Å². The Kier molecular flexibility index (Phi) is 5.97. The van der Waals surface area contributed by atoms with Crippen LogP contribution in [0.2, 0.25) is 0 Å². The van der Waals surface area contributed by atoms with E-state index >= 15 is 0 Å². The minimum atomic E-state index is -1.37. The number of hydrogen-bond acceptors (Lipinski definition) is 10. The van der Waals surface area contributed by atoms with Gasteiger partial charge in [0.15, 0.2) is 5.78 Å². The number of ether oxygens (including phenoxy) is 3. The zero-order chi connectivity index (χ0) is 33.0. The van der Waals surface area contributed by atoms with Gasteiger partial charge in [-0.2, -0.15) is 0 Å². The number of carbonyl (C=O) groups is 4. The van der Waals surface area contributed by atoms with Crippen molar-refractivity contribution in [3.8, 4) is 0 Å². The Labute approximate surface area is 267 Å². The molecule has 10 nitrogen and oxygen atoms in total. The summed E-state index contributed by atoms with van der Waals surface area (Å²) in [5, 5.41) is 35.0. The first-order chi connectivity index (χ1) is 21.7. The van der Waals surface area contributed by atoms with Crippen LogP contribution < -0.4 is 0 Å². The van der Waals surface area contributed by atoms with Crippen molar-refractivity contribution in [2.75, 3.05) is 20.8 Å². The van der Waals surface area contributed by atoms with Crippen LogP contribution in [-0.2, 0) is 33.4 Å². The van der Waals surface area contributed by atoms with Gasteiger partial charge in [0, 0.05) is 28.6 Å². The highest BCUT2D eigenvalue weighted by Crippen LogP contribution is 2.83. The molecule has 1 spiro atoms. The van der Waals surface area contributed by atoms with E-state index in [1.165, 1.54) is 32.8 Å². The summed E-state index contributed by atoms with van der Waals surface area (Å²) in [6.07, 6.45) is 2.80. The molecule has 0 aromatic heterocycles. The molecule has 12 atom stereocenters. The number of carbonyl (C=O) groups excluding carboxylic acids is 4. The number of aliphatic hydroxyl groups is 3. The molecule has 1 aliphatic heterocycles. The third-order valence-corrected chi connectivity index (χ3v) is 14.2. The number of aliphatic hydroxyl groups excluding tert-OH is 2. The largest absolute Gasteiger partial charge is 0.466 e. The van der Waals surface area contributed by atoms with Crippen molar-refractivity contribution >= 4 is 23.7 Å². The fourth-order valence-electron chi connectivity index (χ4n) is 12.3. The molecule has 10 heteroatoms. The van der Waals surface area contributed by atoms with Gasteiger partial charge >= 0.3 is 17.9 Å². The molecule has 5 fully saturated rings. The van der Waals surface area contributed by atoms with Gasteiger partial charge in [-0.1, -0.05) is 25.0 Å². The summed E-state index contributed by atoms with van der Waals surface area (Å²) in [5.41, 5.74) is -0.248. The lowest BCUT2D eigenvalue weighted by Gasteiger charge is -2.63. The maximum Gasteiger partial charge on any atom is 0.337 e. The van der Waals surface area contributed by atoms with E-state index in [-0.39, 0.29) is 65.1 Å². The van der Waals surface area contributed by atoms with Crippen molar-refractivity contribution in [1.29, 1.82) is 0 Å². The van der Waals surface area contributed by atoms with Crippen LogP contribution in [-0.4, -0.2) is 77.1 Å². The summed E-state index contributed by atoms with van der Waals surface area (Å²) in [6.45, 7) is 6.91. The van der Waals surface area contributed by atoms with Crippen molar-refractivity contribution < 1.29 is 48.7 Å². The Morgan fingerprint density at radius 2 is 1.74 bits per heavy atom. The van der Waals surface area contributed by atoms with E-state index in [9.17, 15) is 34.5 Å². The molecule has 46 heavy (non-hydrogen) atoms. The van der Waals surface area contributed by atoms with Gasteiger partial charge in [0.25, 0.3) is 0 Å². The van der Waals surface area contributed by atoms with E-state index in [0.717, 1.165) is 18.4 Å². The summed E-state index contributed by atoms with van der Waals surface area (Å²) in [6, 6.07) is 0. The second kappa shape index (κ2) is 9.08. The zero-order valence-electron chi connectivity index (χ0n) is 27.1. The smallest absolute Gasteiger partial charge is 0.337 e. The van der Waals surface area contributed by atoms with Crippen molar-refractivity contribution in [2.45, 2.75) is 77.1 Å². The number of ketones is 1. The van der Waals surface area contributed by atoms with Crippen LogP contribution in [0.5, 0.6) is 0 Å². The molecule has 5 saturated carbocycles. The maximum atomic E-state index is 14.4. The number of methoxy groups -OCH3 is 2. The fraction of sp³-hybridized carbons (Fsp3) is 0.667. The average Bonchev–Trinajstić information content (AvgIpc) is 3.93. The van der Waals surface area contributed by atoms with Gasteiger partial charge in [0.2, 0.25) is 0 Å². The molecule has 3 N–H and O–H groups in total. The molecule has 0 amide bonds. The topological polar surface area (TPSA) is 157 Å². The van der Waals surface area contributed by atoms with Crippen molar-refractivity contribution in [3.05, 3.63) is 45.1 Å². The summed E-state index contributed by atoms with van der Waals surface area (Å²) in [4.78, 5) is 53.5. The Balaban J connectivity index is 1.38. The van der Waals surface area contributed by atoms with E-state index in [4.69, 9.17) is 14.2 Å². The maximum absolute atomic E-state index is 14.4. The van der Waals surface area contributed by atoms with Crippen molar-refractivity contribution in [2.24, 2.45) is 52.3 Å². The van der Waals surface area contributed by atoms with Gasteiger partial charge in [0.1, 0.15) is 11.7 Å². The lowest BCUT2D eigenvalue weighted by molar-refractivity contribution is -0.185. The van der Waals surface area contributed by atoms with Gasteiger partial charge in [0.05, 0.1) is 37.9 Å². The monoisotopic (exact) mass is 634 g/mol. The lowest BCUT2D eigenvalue weighted by Crippen LogP contribution is -2.67. The van der Waals surface area contributed by atoms with E-state index < -0.39 is 64.4 Å². The van der Waals surface area contributed by atoms with Crippen LogP contribution in [0.25, 0.3) is 0 Å². The third kappa shape index (κ3) is 3.19. The number of allylic oxidation sites excluding steroid dienone is 1. The highest BCUT2D eigenvalue weighted by atomic mass is 16.6. The third-order valence-electron chi connectivity index (χ3n) is 14.2. The van der Waals surface area contributed by atoms with E-state index in [0.29, 0.717) is 17.6 Å². The van der Waals surface area contributed by atoms with E-state index in [1.807, 2.05) is 13.8 Å². The first kappa shape index (κ1) is 30.3. The number of fused-ring (bicyclic) bond motifs is 7. The Morgan fingerprint density at radius 3 is 2.39 bits per heavy atom. The summed E-state index contributed by atoms with van der Waals surface area (Å²) in [7, 11) is 2.56. The molecule has 0 aromatic carbocycles. The normalized spacial score (nSPS) is 48.5. The zero-order valence-corrected chi connectivity index (χ0v) is 27.1. The summed E-state index contributed by atoms with van der Waals surface area (Å²) < 4.78 is 16.5. The minimum absolute atomic E-state index is 0.0345. The number of esters is 3. The molecule has 1 heterocycles. The molecule has 12 unspecified atom stereocenters. The summed E-state index contributed by atoms with van der Waals surface area (Å²) in [5.74, 6) is -3.53. The number of Topliss-reactive ketones (excluding diaryl/α,β-unsaturated/α-hetero) is 1. The van der Waals surface area contributed by atoms with Crippen LogP contribution in [0.1, 0.15) is 59.8 Å². The average molecular weight is 635 g/mol. The Morgan fingerprint density at radius 1 is 1.02 bits per heavy atom. The molecule has 246 valence electrons. The van der Waals surface area contributed by atoms with Crippen LogP contribution in [0.15, 0.2) is 45.1 Å². The van der Waals surface area contributed by atoms with Gasteiger partial charge in [-0.15, -0.1) is 0 Å². The predicted octanol–water partition coefficient (Wildman–Crippen LogP) is 2.51. The quantitative estimate of drug-likeness (QED) is 0.178. The summed E-state index contributed by atoms with van der Waals surface area (Å²) >= 11 is 0. The fourth-order valence-corrected chi connectivity index (χ4v) is 12.3. The standard InChI is InChI=1S/C36H42O10/c1-14(7-25(38)44-5)12-35(43)22-10-21(22)33(3)23(35)11-20-18(13-37)32(42)46-36(20)24(33)9-17-16-8-19(16)34(4)27(17)28(36)26(29(39)30(34)40)15(2)31(41)45-6/h7,16,19,21-24,28,30,37,40,43H,8-13H2,1-6H3. The number of hydrogen-bond donors (Lipinski definition) is 3. The van der Waals surface area contributed by atoms with Gasteiger partial charge in [-0.05, 0) is 92.1 Å². The van der Waals surface area contributed by atoms with Crippen LogP contribution in [0.4, 0.5) is 0 Å². The van der Waals surface area contributed by atoms with Crippen molar-refractivity contribution in [1.82, 2.24) is 0 Å². The first-order valence-electron chi connectivity index (χ1n) is 16.5. The minimum Gasteiger partial charge on any atom is -0.466 e. The molecule has 7 aliphatic carbocycles. The van der Waals surface area contributed by atoms with Gasteiger partial charge in [-0.3, -0.25) is 4.79 Å². The van der Waals surface area contributed by atoms with Crippen LogP contribution in [0, 0.1) is 52.3 Å². The Hall–Kier alpha value is -3.08. The number of rotatable bonds is 5. The highest BCUT2D eigenvalue weighted by molar-refractivity contribution is 6.09. The predicted molar refractivity (Wildman–Crippen MR) is 160 cm³/mol. The first-order valence-corrected chi connectivity index (χ1v) is 16.5. The van der Waals surface area contributed by atoms with Gasteiger partial charge < -0.3 is 29.5 Å². The van der Waals surface area contributed by atoms with E-state index in [1.54, 1.807) is 0 Å². The molecule has 0 saturated heterocycles. The van der Waals surface area contributed by atoms with Crippen LogP contribution >= 0.6 is 0 Å². The second-order valence-electron chi connectivity index (χ2n) is 15.7. The van der Waals surface area contributed by atoms with Crippen LogP contribution in [0.3, 0.4) is 0 Å². The molecular formula is C36H42O10. The highest BCUT2D eigenvalue weighted by Gasteiger charge is 2.83. The van der Waals surface area contributed by atoms with Gasteiger partial charge in [-0.25, -0.2) is 14.4 Å². The molecule has 0 bridgehead atoms. The second-order valence-corrected chi connectivity index (χ2v) is 15.7. The molecule has 0 radical (unpaired) electrons. The van der Waals surface area contributed by atoms with Crippen molar-refractivity contribution in [3.63, 3.8) is 0 Å². The molecule has 8 rings (SSSR count). The Bertz CT molecular complexity index is 1680. The molecule has 0 aromatic rings. The molecular weight excluding hydrogens is 592 g/mol.